The minimum Gasteiger partial charge on any atom is -0.481 e. The molecule has 1 atom stereocenters. The minimum absolute atomic E-state index is 0.0943. The van der Waals surface area contributed by atoms with E-state index in [1.54, 1.807) is 0 Å². The highest BCUT2D eigenvalue weighted by molar-refractivity contribution is 5.69. The zero-order valence-electron chi connectivity index (χ0n) is 18.8. The number of carbonyl (C=O) groups is 1. The Bertz CT molecular complexity index is 301. The summed E-state index contributed by atoms with van der Waals surface area (Å²) in [6.45, 7) is 4.45. The maximum absolute atomic E-state index is 11.3. The van der Waals surface area contributed by atoms with Crippen LogP contribution in [0.2, 0.25) is 0 Å². The summed E-state index contributed by atoms with van der Waals surface area (Å²) in [7, 11) is 0. The van der Waals surface area contributed by atoms with E-state index in [1.807, 2.05) is 0 Å². The normalized spacial score (nSPS) is 12.4. The Morgan fingerprint density at radius 1 is 0.519 bits per heavy atom. The van der Waals surface area contributed by atoms with Crippen LogP contribution >= 0.6 is 0 Å². The van der Waals surface area contributed by atoms with Crippen molar-refractivity contribution in [1.29, 1.82) is 0 Å². The molecule has 0 bridgehead atoms. The van der Waals surface area contributed by atoms with Crippen molar-refractivity contribution in [3.63, 3.8) is 0 Å². The van der Waals surface area contributed by atoms with Gasteiger partial charge in [0.25, 0.3) is 0 Å². The smallest absolute Gasteiger partial charge is 0.306 e. The Morgan fingerprint density at radius 2 is 0.778 bits per heavy atom. The average molecular weight is 383 g/mol. The molecule has 0 aliphatic heterocycles. The first-order chi connectivity index (χ1) is 13.2. The molecular formula is C25H50O2. The minimum atomic E-state index is -0.577. The van der Waals surface area contributed by atoms with E-state index in [2.05, 4.69) is 13.8 Å². The van der Waals surface area contributed by atoms with Crippen molar-refractivity contribution in [1.82, 2.24) is 0 Å². The van der Waals surface area contributed by atoms with Crippen LogP contribution in [-0.2, 0) is 4.79 Å². The highest BCUT2D eigenvalue weighted by Crippen LogP contribution is 2.19. The molecular weight excluding hydrogens is 332 g/mol. The van der Waals surface area contributed by atoms with Gasteiger partial charge in [-0.15, -0.1) is 0 Å². The van der Waals surface area contributed by atoms with Crippen LogP contribution in [0.15, 0.2) is 0 Å². The number of aliphatic carboxylic acids is 1. The number of rotatable bonds is 22. The molecule has 0 aromatic heterocycles. The topological polar surface area (TPSA) is 37.3 Å². The van der Waals surface area contributed by atoms with Gasteiger partial charge in [-0.25, -0.2) is 0 Å². The summed E-state index contributed by atoms with van der Waals surface area (Å²) in [6.07, 6.45) is 27.1. The number of hydrogen-bond donors (Lipinski definition) is 1. The standard InChI is InChI=1S/C25H50O2/c1-3-5-7-8-9-10-11-12-13-14-15-16-17-18-19-21-23-24(25(26)27)22-20-6-4-2/h24H,3-23H2,1-2H3,(H,26,27). The Morgan fingerprint density at radius 3 is 1.11 bits per heavy atom. The first kappa shape index (κ1) is 26.5. The maximum Gasteiger partial charge on any atom is 0.306 e. The molecule has 27 heavy (non-hydrogen) atoms. The second kappa shape index (κ2) is 21.8. The molecule has 162 valence electrons. The third-order valence-corrected chi connectivity index (χ3v) is 5.91. The Hall–Kier alpha value is -0.530. The summed E-state index contributed by atoms with van der Waals surface area (Å²) in [4.78, 5) is 11.3. The summed E-state index contributed by atoms with van der Waals surface area (Å²) in [6, 6.07) is 0. The van der Waals surface area contributed by atoms with Crippen molar-refractivity contribution < 1.29 is 9.90 Å². The van der Waals surface area contributed by atoms with Gasteiger partial charge in [0.05, 0.1) is 5.92 Å². The molecule has 0 amide bonds. The van der Waals surface area contributed by atoms with E-state index in [0.717, 1.165) is 25.7 Å². The van der Waals surface area contributed by atoms with Crippen molar-refractivity contribution in [2.24, 2.45) is 5.92 Å². The van der Waals surface area contributed by atoms with Gasteiger partial charge in [-0.2, -0.15) is 0 Å². The molecule has 0 fully saturated rings. The molecule has 0 aromatic rings. The van der Waals surface area contributed by atoms with Crippen molar-refractivity contribution in [2.75, 3.05) is 0 Å². The van der Waals surface area contributed by atoms with Crippen LogP contribution in [0.4, 0.5) is 0 Å². The van der Waals surface area contributed by atoms with E-state index in [-0.39, 0.29) is 5.92 Å². The van der Waals surface area contributed by atoms with Crippen LogP contribution in [0.5, 0.6) is 0 Å². The largest absolute Gasteiger partial charge is 0.481 e. The molecule has 0 radical (unpaired) electrons. The van der Waals surface area contributed by atoms with Crippen LogP contribution in [0.3, 0.4) is 0 Å². The number of carboxylic acid groups (broad SMARTS) is 1. The first-order valence-electron chi connectivity index (χ1n) is 12.4. The molecule has 2 nitrogen and oxygen atoms in total. The lowest BCUT2D eigenvalue weighted by molar-refractivity contribution is -0.142. The van der Waals surface area contributed by atoms with Gasteiger partial charge in [-0.3, -0.25) is 4.79 Å². The number of carboxylic acids is 1. The molecule has 0 saturated carbocycles. The molecule has 0 spiro atoms. The van der Waals surface area contributed by atoms with Gasteiger partial charge < -0.3 is 5.11 Å². The molecule has 0 aliphatic carbocycles. The Kier molecular flexibility index (Phi) is 21.3. The van der Waals surface area contributed by atoms with Gasteiger partial charge in [0.15, 0.2) is 0 Å². The van der Waals surface area contributed by atoms with Gasteiger partial charge in [-0.05, 0) is 12.8 Å². The summed E-state index contributed by atoms with van der Waals surface area (Å²) in [5, 5.41) is 9.30. The van der Waals surface area contributed by atoms with Crippen LogP contribution in [0.25, 0.3) is 0 Å². The van der Waals surface area contributed by atoms with Crippen LogP contribution in [0, 0.1) is 5.92 Å². The summed E-state index contributed by atoms with van der Waals surface area (Å²) < 4.78 is 0. The van der Waals surface area contributed by atoms with Crippen molar-refractivity contribution in [2.45, 2.75) is 149 Å². The fraction of sp³-hybridized carbons (Fsp3) is 0.960. The SMILES string of the molecule is CCCCCCCCCCCCCCCCCCC(CCCCC)C(=O)O. The average Bonchev–Trinajstić information content (AvgIpc) is 2.66. The van der Waals surface area contributed by atoms with E-state index in [0.29, 0.717) is 0 Å². The molecule has 2 heteroatoms. The van der Waals surface area contributed by atoms with E-state index < -0.39 is 5.97 Å². The van der Waals surface area contributed by atoms with Gasteiger partial charge in [0.2, 0.25) is 0 Å². The molecule has 0 rings (SSSR count). The van der Waals surface area contributed by atoms with Crippen molar-refractivity contribution in [3.8, 4) is 0 Å². The van der Waals surface area contributed by atoms with Crippen LogP contribution in [-0.4, -0.2) is 11.1 Å². The first-order valence-corrected chi connectivity index (χ1v) is 12.4. The second-order valence-corrected chi connectivity index (χ2v) is 8.62. The van der Waals surface area contributed by atoms with E-state index in [9.17, 15) is 9.90 Å². The van der Waals surface area contributed by atoms with Crippen molar-refractivity contribution >= 4 is 5.97 Å². The molecule has 0 aromatic carbocycles. The lowest BCUT2D eigenvalue weighted by Crippen LogP contribution is -2.13. The highest BCUT2D eigenvalue weighted by Gasteiger charge is 2.15. The van der Waals surface area contributed by atoms with Crippen molar-refractivity contribution in [3.05, 3.63) is 0 Å². The second-order valence-electron chi connectivity index (χ2n) is 8.62. The fourth-order valence-electron chi connectivity index (χ4n) is 3.97. The Balaban J connectivity index is 3.26. The van der Waals surface area contributed by atoms with E-state index >= 15 is 0 Å². The van der Waals surface area contributed by atoms with Crippen LogP contribution < -0.4 is 0 Å². The zero-order chi connectivity index (χ0) is 20.0. The lowest BCUT2D eigenvalue weighted by atomic mass is 9.94. The van der Waals surface area contributed by atoms with Gasteiger partial charge >= 0.3 is 5.97 Å². The molecule has 1 N–H and O–H groups in total. The molecule has 0 heterocycles. The summed E-state index contributed by atoms with van der Waals surface area (Å²) in [5.74, 6) is -0.671. The predicted molar refractivity (Wildman–Crippen MR) is 119 cm³/mol. The third kappa shape index (κ3) is 20.0. The number of hydrogen-bond acceptors (Lipinski definition) is 1. The fourth-order valence-corrected chi connectivity index (χ4v) is 3.97. The van der Waals surface area contributed by atoms with Gasteiger partial charge in [0, 0.05) is 0 Å². The number of unbranched alkanes of at least 4 members (excludes halogenated alkanes) is 17. The van der Waals surface area contributed by atoms with E-state index in [1.165, 1.54) is 109 Å². The quantitative estimate of drug-likeness (QED) is 0.190. The van der Waals surface area contributed by atoms with E-state index in [4.69, 9.17) is 0 Å². The molecule has 1 unspecified atom stereocenters. The third-order valence-electron chi connectivity index (χ3n) is 5.91. The predicted octanol–water partition coefficient (Wildman–Crippen LogP) is 8.92. The van der Waals surface area contributed by atoms with Crippen LogP contribution in [0.1, 0.15) is 149 Å². The lowest BCUT2D eigenvalue weighted by Gasteiger charge is -2.11. The summed E-state index contributed by atoms with van der Waals surface area (Å²) in [5.41, 5.74) is 0. The van der Waals surface area contributed by atoms with Gasteiger partial charge in [-0.1, -0.05) is 136 Å². The Labute approximate surface area is 170 Å². The molecule has 0 saturated heterocycles. The monoisotopic (exact) mass is 382 g/mol. The molecule has 0 aliphatic rings. The van der Waals surface area contributed by atoms with Gasteiger partial charge in [0.1, 0.15) is 0 Å². The zero-order valence-corrected chi connectivity index (χ0v) is 18.8. The highest BCUT2D eigenvalue weighted by atomic mass is 16.4. The maximum atomic E-state index is 11.3. The summed E-state index contributed by atoms with van der Waals surface area (Å²) >= 11 is 0.